The Morgan fingerprint density at radius 1 is 1.21 bits per heavy atom. The largest absolute Gasteiger partial charge is 0.478 e. The van der Waals surface area contributed by atoms with E-state index in [4.69, 9.17) is 16.7 Å². The summed E-state index contributed by atoms with van der Waals surface area (Å²) < 4.78 is 12.9. The molecular formula is C14H9ClFNO2. The number of aliphatic imine (C=N–C) groups is 1. The lowest BCUT2D eigenvalue weighted by molar-refractivity contribution is 0.0697. The Kier molecular flexibility index (Phi) is 3.92. The van der Waals surface area contributed by atoms with Crippen LogP contribution in [0.15, 0.2) is 47.5 Å². The number of carboxylic acids is 1. The molecule has 0 bridgehead atoms. The minimum atomic E-state index is -0.985. The Bertz CT molecular complexity index is 638. The van der Waals surface area contributed by atoms with Crippen molar-refractivity contribution in [3.63, 3.8) is 0 Å². The summed E-state index contributed by atoms with van der Waals surface area (Å²) in [6, 6.07) is 10.4. The molecule has 0 aromatic heterocycles. The molecule has 0 aliphatic carbocycles. The second-order valence-electron chi connectivity index (χ2n) is 3.78. The first-order valence-electron chi connectivity index (χ1n) is 5.39. The summed E-state index contributed by atoms with van der Waals surface area (Å²) in [6.07, 6.45) is 1.53. The minimum absolute atomic E-state index is 0.0326. The third kappa shape index (κ3) is 3.39. The summed E-state index contributed by atoms with van der Waals surface area (Å²) >= 11 is 5.65. The average molecular weight is 278 g/mol. The molecule has 0 fully saturated rings. The third-order valence-corrected chi connectivity index (χ3v) is 2.71. The number of aromatic carboxylic acids is 1. The van der Waals surface area contributed by atoms with Gasteiger partial charge in [-0.25, -0.2) is 9.18 Å². The van der Waals surface area contributed by atoms with Crippen LogP contribution in [-0.4, -0.2) is 17.3 Å². The maximum Gasteiger partial charge on any atom is 0.335 e. The van der Waals surface area contributed by atoms with Crippen molar-refractivity contribution in [2.24, 2.45) is 4.99 Å². The molecule has 0 saturated carbocycles. The van der Waals surface area contributed by atoms with Gasteiger partial charge in [0.2, 0.25) is 0 Å². The van der Waals surface area contributed by atoms with E-state index in [1.807, 2.05) is 0 Å². The summed E-state index contributed by atoms with van der Waals surface area (Å²) in [5.74, 6) is -1.47. The second kappa shape index (κ2) is 5.63. The monoisotopic (exact) mass is 277 g/mol. The molecule has 5 heteroatoms. The highest BCUT2D eigenvalue weighted by Crippen LogP contribution is 2.17. The zero-order valence-electron chi connectivity index (χ0n) is 9.68. The van der Waals surface area contributed by atoms with Crippen LogP contribution in [0.4, 0.5) is 10.1 Å². The van der Waals surface area contributed by atoms with E-state index in [2.05, 4.69) is 4.99 Å². The molecule has 0 aliphatic rings. The molecule has 96 valence electrons. The van der Waals surface area contributed by atoms with Gasteiger partial charge in [0, 0.05) is 6.21 Å². The van der Waals surface area contributed by atoms with Crippen LogP contribution in [0.25, 0.3) is 0 Å². The number of halogens is 2. The Morgan fingerprint density at radius 3 is 2.47 bits per heavy atom. The number of carbonyl (C=O) groups is 1. The number of hydrogen-bond donors (Lipinski definition) is 1. The van der Waals surface area contributed by atoms with Crippen molar-refractivity contribution >= 4 is 29.5 Å². The molecule has 2 rings (SSSR count). The Balaban J connectivity index is 2.17. The quantitative estimate of drug-likeness (QED) is 0.864. The SMILES string of the molecule is O=C(O)c1ccc(N=Cc2ccc(F)c(Cl)c2)cc1. The van der Waals surface area contributed by atoms with Gasteiger partial charge in [-0.1, -0.05) is 17.7 Å². The van der Waals surface area contributed by atoms with Gasteiger partial charge in [-0.05, 0) is 42.0 Å². The number of carboxylic acid groups (broad SMARTS) is 1. The number of nitrogens with zero attached hydrogens (tertiary/aromatic N) is 1. The van der Waals surface area contributed by atoms with Crippen molar-refractivity contribution in [2.75, 3.05) is 0 Å². The first-order chi connectivity index (χ1) is 9.06. The molecule has 0 unspecified atom stereocenters. The zero-order valence-corrected chi connectivity index (χ0v) is 10.4. The highest BCUT2D eigenvalue weighted by Gasteiger charge is 2.01. The molecule has 2 aromatic carbocycles. The van der Waals surface area contributed by atoms with Crippen molar-refractivity contribution in [1.82, 2.24) is 0 Å². The van der Waals surface area contributed by atoms with E-state index < -0.39 is 11.8 Å². The van der Waals surface area contributed by atoms with Crippen LogP contribution in [-0.2, 0) is 0 Å². The first-order valence-corrected chi connectivity index (χ1v) is 5.76. The standard InChI is InChI=1S/C14H9ClFNO2/c15-12-7-9(1-6-13(12)16)8-17-11-4-2-10(3-5-11)14(18)19/h1-8H,(H,18,19). The molecule has 0 atom stereocenters. The Hall–Kier alpha value is -2.20. The number of hydrogen-bond acceptors (Lipinski definition) is 2. The predicted molar refractivity (Wildman–Crippen MR) is 72.1 cm³/mol. The summed E-state index contributed by atoms with van der Waals surface area (Å²) in [5, 5.41) is 8.78. The van der Waals surface area contributed by atoms with E-state index in [1.165, 1.54) is 30.5 Å². The molecule has 0 aliphatic heterocycles. The Morgan fingerprint density at radius 2 is 1.89 bits per heavy atom. The normalized spacial score (nSPS) is 10.8. The molecular weight excluding hydrogens is 269 g/mol. The van der Waals surface area contributed by atoms with Gasteiger partial charge in [-0.2, -0.15) is 0 Å². The average Bonchev–Trinajstić information content (AvgIpc) is 2.40. The van der Waals surface area contributed by atoms with E-state index in [0.717, 1.165) is 0 Å². The molecule has 1 N–H and O–H groups in total. The fraction of sp³-hybridized carbons (Fsp3) is 0. The molecule has 0 radical (unpaired) electrons. The van der Waals surface area contributed by atoms with Gasteiger partial charge in [0.15, 0.2) is 0 Å². The number of benzene rings is 2. The lowest BCUT2D eigenvalue weighted by Gasteiger charge is -1.97. The van der Waals surface area contributed by atoms with Crippen molar-refractivity contribution in [1.29, 1.82) is 0 Å². The fourth-order valence-corrected chi connectivity index (χ4v) is 1.62. The van der Waals surface area contributed by atoms with Crippen LogP contribution in [0.2, 0.25) is 5.02 Å². The van der Waals surface area contributed by atoms with E-state index >= 15 is 0 Å². The van der Waals surface area contributed by atoms with Crippen LogP contribution in [0.1, 0.15) is 15.9 Å². The summed E-state index contributed by atoms with van der Waals surface area (Å²) in [4.78, 5) is 14.8. The summed E-state index contributed by atoms with van der Waals surface area (Å²) in [5.41, 5.74) is 1.46. The van der Waals surface area contributed by atoms with Gasteiger partial charge in [0.05, 0.1) is 16.3 Å². The maximum absolute atomic E-state index is 12.9. The topological polar surface area (TPSA) is 49.7 Å². The lowest BCUT2D eigenvalue weighted by Crippen LogP contribution is -1.94. The van der Waals surface area contributed by atoms with E-state index in [1.54, 1.807) is 18.2 Å². The Labute approximate surface area is 114 Å². The molecule has 0 saturated heterocycles. The van der Waals surface area contributed by atoms with Crippen LogP contribution in [0, 0.1) is 5.82 Å². The minimum Gasteiger partial charge on any atom is -0.478 e. The second-order valence-corrected chi connectivity index (χ2v) is 4.19. The summed E-state index contributed by atoms with van der Waals surface area (Å²) in [6.45, 7) is 0. The third-order valence-electron chi connectivity index (χ3n) is 2.42. The van der Waals surface area contributed by atoms with Gasteiger partial charge in [0.1, 0.15) is 5.82 Å². The van der Waals surface area contributed by atoms with Crippen LogP contribution >= 0.6 is 11.6 Å². The van der Waals surface area contributed by atoms with Gasteiger partial charge in [-0.15, -0.1) is 0 Å². The molecule has 0 heterocycles. The highest BCUT2D eigenvalue weighted by molar-refractivity contribution is 6.31. The van der Waals surface area contributed by atoms with Gasteiger partial charge in [0.25, 0.3) is 0 Å². The molecule has 2 aromatic rings. The predicted octanol–water partition coefficient (Wildman–Crippen LogP) is 3.93. The van der Waals surface area contributed by atoms with Crippen LogP contribution in [0.3, 0.4) is 0 Å². The summed E-state index contributed by atoms with van der Waals surface area (Å²) in [7, 11) is 0. The molecule has 3 nitrogen and oxygen atoms in total. The lowest BCUT2D eigenvalue weighted by atomic mass is 10.2. The smallest absolute Gasteiger partial charge is 0.335 e. The van der Waals surface area contributed by atoms with Crippen LogP contribution < -0.4 is 0 Å². The fourth-order valence-electron chi connectivity index (χ4n) is 1.43. The van der Waals surface area contributed by atoms with E-state index in [-0.39, 0.29) is 10.6 Å². The maximum atomic E-state index is 12.9. The first kappa shape index (κ1) is 13.2. The van der Waals surface area contributed by atoms with Gasteiger partial charge >= 0.3 is 5.97 Å². The zero-order chi connectivity index (χ0) is 13.8. The van der Waals surface area contributed by atoms with Crippen LogP contribution in [0.5, 0.6) is 0 Å². The van der Waals surface area contributed by atoms with Gasteiger partial charge in [-0.3, -0.25) is 4.99 Å². The molecule has 19 heavy (non-hydrogen) atoms. The number of rotatable bonds is 3. The van der Waals surface area contributed by atoms with Crippen molar-refractivity contribution in [3.05, 3.63) is 64.4 Å². The van der Waals surface area contributed by atoms with Crippen molar-refractivity contribution in [3.8, 4) is 0 Å². The van der Waals surface area contributed by atoms with Crippen molar-refractivity contribution in [2.45, 2.75) is 0 Å². The van der Waals surface area contributed by atoms with E-state index in [0.29, 0.717) is 11.3 Å². The van der Waals surface area contributed by atoms with Crippen molar-refractivity contribution < 1.29 is 14.3 Å². The van der Waals surface area contributed by atoms with Gasteiger partial charge < -0.3 is 5.11 Å². The highest BCUT2D eigenvalue weighted by atomic mass is 35.5. The molecule has 0 spiro atoms. The molecule has 0 amide bonds. The van der Waals surface area contributed by atoms with E-state index in [9.17, 15) is 9.18 Å².